The van der Waals surface area contributed by atoms with Crippen molar-refractivity contribution in [2.24, 2.45) is 0 Å². The highest BCUT2D eigenvalue weighted by Gasteiger charge is 2.21. The van der Waals surface area contributed by atoms with E-state index in [2.05, 4.69) is 114 Å². The van der Waals surface area contributed by atoms with Crippen LogP contribution in [0.2, 0.25) is 0 Å². The van der Waals surface area contributed by atoms with Crippen molar-refractivity contribution in [3.05, 3.63) is 146 Å². The molecule has 0 unspecified atom stereocenters. The molecule has 4 heteroatoms. The van der Waals surface area contributed by atoms with Gasteiger partial charge in [0.1, 0.15) is 16.7 Å². The second kappa shape index (κ2) is 9.18. The predicted molar refractivity (Wildman–Crippen MR) is 184 cm³/mol. The molecule has 0 amide bonds. The molecule has 0 spiro atoms. The zero-order chi connectivity index (χ0) is 29.5. The van der Waals surface area contributed by atoms with Crippen LogP contribution in [0.15, 0.2) is 154 Å². The molecule has 0 N–H and O–H groups in total. The van der Waals surface area contributed by atoms with Crippen molar-refractivity contribution in [3.8, 4) is 28.3 Å². The minimum absolute atomic E-state index is 0.585. The van der Waals surface area contributed by atoms with E-state index in [0.717, 1.165) is 55.4 Å². The number of furan rings is 1. The van der Waals surface area contributed by atoms with Gasteiger partial charge < -0.3 is 13.4 Å². The number of oxazole rings is 1. The highest BCUT2D eigenvalue weighted by atomic mass is 16.4. The van der Waals surface area contributed by atoms with Gasteiger partial charge in [-0.2, -0.15) is 0 Å². The van der Waals surface area contributed by atoms with Gasteiger partial charge in [0.05, 0.1) is 16.4 Å². The van der Waals surface area contributed by atoms with Crippen LogP contribution in [0, 0.1) is 0 Å². The monoisotopic (exact) mass is 576 g/mol. The molecule has 3 aromatic heterocycles. The number of fused-ring (bicyclic) bond motifs is 10. The lowest BCUT2D eigenvalue weighted by Crippen LogP contribution is -1.93. The van der Waals surface area contributed by atoms with E-state index in [1.54, 1.807) is 0 Å². The van der Waals surface area contributed by atoms with Crippen molar-refractivity contribution in [1.29, 1.82) is 0 Å². The first-order valence-corrected chi connectivity index (χ1v) is 15.1. The summed E-state index contributed by atoms with van der Waals surface area (Å²) in [6.45, 7) is 0. The van der Waals surface area contributed by atoms with E-state index in [0.29, 0.717) is 5.89 Å². The molecule has 0 aliphatic rings. The van der Waals surface area contributed by atoms with Crippen molar-refractivity contribution in [3.63, 3.8) is 0 Å². The smallest absolute Gasteiger partial charge is 0.227 e. The number of hydrogen-bond acceptors (Lipinski definition) is 3. The second-order valence-electron chi connectivity index (χ2n) is 11.5. The number of para-hydroxylation sites is 2. The molecule has 0 bridgehead atoms. The Bertz CT molecular complexity index is 2750. The Morgan fingerprint density at radius 2 is 1.22 bits per heavy atom. The molecule has 3 heterocycles. The fraction of sp³-hybridized carbons (Fsp3) is 0. The fourth-order valence-electron chi connectivity index (χ4n) is 7.00. The van der Waals surface area contributed by atoms with E-state index in [-0.39, 0.29) is 0 Å². The largest absolute Gasteiger partial charge is 0.455 e. The van der Waals surface area contributed by atoms with Crippen molar-refractivity contribution in [2.45, 2.75) is 0 Å². The molecule has 10 aromatic rings. The highest BCUT2D eigenvalue weighted by molar-refractivity contribution is 6.22. The summed E-state index contributed by atoms with van der Waals surface area (Å²) in [7, 11) is 0. The molecule has 0 radical (unpaired) electrons. The molecule has 0 aliphatic carbocycles. The lowest BCUT2D eigenvalue weighted by molar-refractivity contribution is 0.619. The van der Waals surface area contributed by atoms with Crippen LogP contribution in [0.5, 0.6) is 0 Å². The molecule has 4 nitrogen and oxygen atoms in total. The quantitative estimate of drug-likeness (QED) is 0.210. The van der Waals surface area contributed by atoms with Crippen molar-refractivity contribution in [1.82, 2.24) is 9.55 Å². The van der Waals surface area contributed by atoms with Gasteiger partial charge in [0.2, 0.25) is 5.89 Å². The van der Waals surface area contributed by atoms with E-state index < -0.39 is 0 Å². The summed E-state index contributed by atoms with van der Waals surface area (Å²) in [4.78, 5) is 5.06. The lowest BCUT2D eigenvalue weighted by atomic mass is 10.0. The molecular formula is C41H24N2O2. The van der Waals surface area contributed by atoms with Crippen LogP contribution in [0.25, 0.3) is 93.9 Å². The average Bonchev–Trinajstić information content (AvgIpc) is 3.80. The maximum atomic E-state index is 6.50. The first-order valence-electron chi connectivity index (χ1n) is 15.1. The number of hydrogen-bond donors (Lipinski definition) is 0. The Morgan fingerprint density at radius 1 is 0.489 bits per heavy atom. The Morgan fingerprint density at radius 3 is 2.09 bits per heavy atom. The zero-order valence-corrected chi connectivity index (χ0v) is 24.1. The van der Waals surface area contributed by atoms with E-state index in [1.807, 2.05) is 36.4 Å². The third kappa shape index (κ3) is 3.51. The summed E-state index contributed by atoms with van der Waals surface area (Å²) in [5.74, 6) is 0.585. The number of benzene rings is 7. The molecule has 0 saturated heterocycles. The Kier molecular flexibility index (Phi) is 4.96. The first kappa shape index (κ1) is 24.3. The van der Waals surface area contributed by atoms with Gasteiger partial charge in [0.25, 0.3) is 0 Å². The Labute approximate surface area is 257 Å². The van der Waals surface area contributed by atoms with Gasteiger partial charge in [0, 0.05) is 33.0 Å². The van der Waals surface area contributed by atoms with Gasteiger partial charge in [-0.3, -0.25) is 0 Å². The first-order chi connectivity index (χ1) is 22.3. The third-order valence-electron chi connectivity index (χ3n) is 9.03. The van der Waals surface area contributed by atoms with E-state index >= 15 is 0 Å². The van der Waals surface area contributed by atoms with Gasteiger partial charge in [-0.05, 0) is 64.9 Å². The summed E-state index contributed by atoms with van der Waals surface area (Å²) in [6, 6.07) is 50.7. The molecule has 0 aliphatic heterocycles. The van der Waals surface area contributed by atoms with Crippen LogP contribution in [-0.4, -0.2) is 9.55 Å². The molecule has 0 fully saturated rings. The van der Waals surface area contributed by atoms with Crippen LogP contribution in [0.1, 0.15) is 0 Å². The highest BCUT2D eigenvalue weighted by Crippen LogP contribution is 2.42. The van der Waals surface area contributed by atoms with Crippen LogP contribution in [-0.2, 0) is 0 Å². The normalized spacial score (nSPS) is 12.0. The molecular weight excluding hydrogens is 552 g/mol. The minimum Gasteiger partial charge on any atom is -0.455 e. The third-order valence-corrected chi connectivity index (χ3v) is 9.03. The van der Waals surface area contributed by atoms with Gasteiger partial charge >= 0.3 is 0 Å². The summed E-state index contributed by atoms with van der Waals surface area (Å²) < 4.78 is 15.3. The summed E-state index contributed by atoms with van der Waals surface area (Å²) in [5, 5.41) is 7.04. The Balaban J connectivity index is 1.16. The lowest BCUT2D eigenvalue weighted by Gasteiger charge is -2.09. The molecule has 10 rings (SSSR count). The summed E-state index contributed by atoms with van der Waals surface area (Å²) >= 11 is 0. The van der Waals surface area contributed by atoms with Crippen molar-refractivity contribution < 1.29 is 8.83 Å². The maximum Gasteiger partial charge on any atom is 0.227 e. The van der Waals surface area contributed by atoms with Crippen molar-refractivity contribution in [2.75, 3.05) is 0 Å². The van der Waals surface area contributed by atoms with Crippen LogP contribution < -0.4 is 0 Å². The zero-order valence-electron chi connectivity index (χ0n) is 24.1. The Hall–Kier alpha value is -6.13. The topological polar surface area (TPSA) is 44.1 Å². The minimum atomic E-state index is 0.585. The molecule has 7 aromatic carbocycles. The maximum absolute atomic E-state index is 6.50. The van der Waals surface area contributed by atoms with Gasteiger partial charge in [-0.25, -0.2) is 4.98 Å². The van der Waals surface area contributed by atoms with Gasteiger partial charge in [-0.1, -0.05) is 97.1 Å². The van der Waals surface area contributed by atoms with Crippen molar-refractivity contribution >= 4 is 65.6 Å². The summed E-state index contributed by atoms with van der Waals surface area (Å²) in [6.07, 6.45) is 0. The van der Waals surface area contributed by atoms with E-state index in [1.165, 1.54) is 32.6 Å². The number of aromatic nitrogens is 2. The van der Waals surface area contributed by atoms with Gasteiger partial charge in [0.15, 0.2) is 5.58 Å². The molecule has 45 heavy (non-hydrogen) atoms. The molecule has 0 saturated carbocycles. The molecule has 0 atom stereocenters. The average molecular weight is 577 g/mol. The standard InChI is InChI=1S/C41H24N2O2/c1-2-10-25(11-3-1)32-24-36-39(38-31-15-7-9-17-35(31)44-40(32)38)42-41(45-36)27-18-21-28(22-19-27)43-33-16-8-6-14-30(33)37-29-13-5-4-12-26(29)20-23-34(37)43/h1-24H. The summed E-state index contributed by atoms with van der Waals surface area (Å²) in [5.41, 5.74) is 9.65. The number of rotatable bonds is 3. The van der Waals surface area contributed by atoms with Crippen LogP contribution >= 0.6 is 0 Å². The SMILES string of the molecule is c1ccc(-c2cc3oc(-c4ccc(-n5c6ccccc6c6c7ccccc7ccc65)cc4)nc3c3c2oc2ccccc23)cc1. The van der Waals surface area contributed by atoms with Gasteiger partial charge in [-0.15, -0.1) is 0 Å². The van der Waals surface area contributed by atoms with Crippen LogP contribution in [0.3, 0.4) is 0 Å². The number of nitrogens with zero attached hydrogens (tertiary/aromatic N) is 2. The second-order valence-corrected chi connectivity index (χ2v) is 11.5. The molecule has 210 valence electrons. The van der Waals surface area contributed by atoms with E-state index in [9.17, 15) is 0 Å². The predicted octanol–water partition coefficient (Wildman–Crippen LogP) is 11.3. The van der Waals surface area contributed by atoms with Crippen LogP contribution in [0.4, 0.5) is 0 Å². The fourth-order valence-corrected chi connectivity index (χ4v) is 7.00. The van der Waals surface area contributed by atoms with E-state index in [4.69, 9.17) is 13.8 Å².